The average Bonchev–Trinajstić information content (AvgIpc) is 2.70. The number of amides is 2. The van der Waals surface area contributed by atoms with Crippen LogP contribution in [0.5, 0.6) is 5.75 Å². The first-order valence-electron chi connectivity index (χ1n) is 9.47. The molecule has 2 rings (SSSR count). The molecule has 0 fully saturated rings. The van der Waals surface area contributed by atoms with Crippen molar-refractivity contribution in [1.82, 2.24) is 10.2 Å². The van der Waals surface area contributed by atoms with E-state index in [4.69, 9.17) is 27.9 Å². The fourth-order valence-corrected chi connectivity index (χ4v) is 2.93. The summed E-state index contributed by atoms with van der Waals surface area (Å²) in [6, 6.07) is 13.3. The van der Waals surface area contributed by atoms with Gasteiger partial charge in [-0.05, 0) is 48.7 Å². The summed E-state index contributed by atoms with van der Waals surface area (Å²) in [5.74, 6) is 0.308. The van der Waals surface area contributed by atoms with Crippen molar-refractivity contribution in [1.29, 1.82) is 0 Å². The summed E-state index contributed by atoms with van der Waals surface area (Å²) in [5, 5.41) is 4.00. The van der Waals surface area contributed by atoms with Crippen LogP contribution >= 0.6 is 23.2 Å². The molecular formula is C22H26Cl2N2O3. The Bertz CT molecular complexity index is 825. The third-order valence-electron chi connectivity index (χ3n) is 4.33. The van der Waals surface area contributed by atoms with Crippen molar-refractivity contribution in [2.45, 2.75) is 33.4 Å². The molecule has 1 atom stereocenters. The Hall–Kier alpha value is -2.24. The van der Waals surface area contributed by atoms with E-state index in [-0.39, 0.29) is 25.0 Å². The molecular weight excluding hydrogens is 411 g/mol. The molecule has 0 radical (unpaired) electrons. The van der Waals surface area contributed by atoms with Gasteiger partial charge in [-0.15, -0.1) is 0 Å². The molecule has 156 valence electrons. The molecule has 29 heavy (non-hydrogen) atoms. The van der Waals surface area contributed by atoms with Gasteiger partial charge in [-0.1, -0.05) is 55.2 Å². The van der Waals surface area contributed by atoms with Crippen molar-refractivity contribution >= 4 is 35.0 Å². The highest BCUT2D eigenvalue weighted by atomic mass is 35.5. The molecule has 5 nitrogen and oxygen atoms in total. The molecule has 0 aliphatic heterocycles. The lowest BCUT2D eigenvalue weighted by atomic mass is 10.1. The van der Waals surface area contributed by atoms with Gasteiger partial charge in [0.05, 0.1) is 0 Å². The molecule has 2 amide bonds. The molecule has 0 aliphatic rings. The van der Waals surface area contributed by atoms with E-state index < -0.39 is 6.04 Å². The van der Waals surface area contributed by atoms with Gasteiger partial charge in [0, 0.05) is 23.1 Å². The highest BCUT2D eigenvalue weighted by molar-refractivity contribution is 6.31. The predicted molar refractivity (Wildman–Crippen MR) is 116 cm³/mol. The van der Waals surface area contributed by atoms with Crippen LogP contribution in [-0.2, 0) is 16.1 Å². The molecule has 0 heterocycles. The number of carbonyl (C=O) groups is 2. The highest BCUT2D eigenvalue weighted by Gasteiger charge is 2.27. The van der Waals surface area contributed by atoms with Crippen LogP contribution in [0.4, 0.5) is 0 Å². The van der Waals surface area contributed by atoms with Gasteiger partial charge in [0.2, 0.25) is 5.91 Å². The van der Waals surface area contributed by atoms with Crippen LogP contribution in [0.1, 0.15) is 26.3 Å². The lowest BCUT2D eigenvalue weighted by Gasteiger charge is -2.29. The maximum absolute atomic E-state index is 12.9. The van der Waals surface area contributed by atoms with E-state index in [1.165, 1.54) is 4.90 Å². The molecule has 0 saturated carbocycles. The summed E-state index contributed by atoms with van der Waals surface area (Å²) >= 11 is 12.1. The van der Waals surface area contributed by atoms with E-state index in [9.17, 15) is 9.59 Å². The van der Waals surface area contributed by atoms with E-state index in [1.807, 2.05) is 32.0 Å². The summed E-state index contributed by atoms with van der Waals surface area (Å²) in [4.78, 5) is 27.0. The summed E-state index contributed by atoms with van der Waals surface area (Å²) < 4.78 is 5.59. The number of nitrogens with zero attached hydrogens (tertiary/aromatic N) is 1. The molecule has 0 bridgehead atoms. The Balaban J connectivity index is 2.13. The minimum absolute atomic E-state index is 0.201. The molecule has 0 spiro atoms. The standard InChI is InChI=1S/C22H26Cl2N2O3/c1-15(2)12-25-22(28)16(3)26(13-17-6-4-5-7-20(17)24)21(27)14-29-19-10-8-18(23)9-11-19/h4-11,15-16H,12-14H2,1-3H3,(H,25,28)/t16-/m0/s1. The molecule has 0 aliphatic carbocycles. The third kappa shape index (κ3) is 7.26. The Morgan fingerprint density at radius 1 is 1.03 bits per heavy atom. The van der Waals surface area contributed by atoms with Gasteiger partial charge in [-0.3, -0.25) is 9.59 Å². The maximum atomic E-state index is 12.9. The fourth-order valence-electron chi connectivity index (χ4n) is 2.60. The average molecular weight is 437 g/mol. The molecule has 0 aromatic heterocycles. The lowest BCUT2D eigenvalue weighted by molar-refractivity contribution is -0.142. The number of hydrogen-bond acceptors (Lipinski definition) is 3. The van der Waals surface area contributed by atoms with Crippen molar-refractivity contribution < 1.29 is 14.3 Å². The van der Waals surface area contributed by atoms with Crippen LogP contribution in [-0.4, -0.2) is 35.9 Å². The second kappa shape index (κ2) is 11.1. The van der Waals surface area contributed by atoms with E-state index in [0.717, 1.165) is 5.56 Å². The fraction of sp³-hybridized carbons (Fsp3) is 0.364. The van der Waals surface area contributed by atoms with Crippen LogP contribution in [0.15, 0.2) is 48.5 Å². The summed E-state index contributed by atoms with van der Waals surface area (Å²) in [6.45, 7) is 6.27. The van der Waals surface area contributed by atoms with Gasteiger partial charge >= 0.3 is 0 Å². The van der Waals surface area contributed by atoms with Gasteiger partial charge in [0.1, 0.15) is 11.8 Å². The summed E-state index contributed by atoms with van der Waals surface area (Å²) in [5.41, 5.74) is 0.762. The van der Waals surface area contributed by atoms with Crippen LogP contribution in [0, 0.1) is 5.92 Å². The van der Waals surface area contributed by atoms with Crippen molar-refractivity contribution in [2.24, 2.45) is 5.92 Å². The van der Waals surface area contributed by atoms with Crippen LogP contribution in [0.2, 0.25) is 10.0 Å². The van der Waals surface area contributed by atoms with Crippen molar-refractivity contribution in [3.63, 3.8) is 0 Å². The Morgan fingerprint density at radius 3 is 2.31 bits per heavy atom. The number of nitrogens with one attached hydrogen (secondary N) is 1. The first kappa shape index (κ1) is 23.0. The smallest absolute Gasteiger partial charge is 0.261 e. The number of hydrogen-bond donors (Lipinski definition) is 1. The monoisotopic (exact) mass is 436 g/mol. The second-order valence-corrected chi connectivity index (χ2v) is 8.01. The topological polar surface area (TPSA) is 58.6 Å². The number of ether oxygens (including phenoxy) is 1. The zero-order valence-corrected chi connectivity index (χ0v) is 18.3. The quantitative estimate of drug-likeness (QED) is 0.626. The number of benzene rings is 2. The Labute approximate surface area is 181 Å². The first-order valence-corrected chi connectivity index (χ1v) is 10.2. The maximum Gasteiger partial charge on any atom is 0.261 e. The number of rotatable bonds is 9. The minimum atomic E-state index is -0.675. The number of carbonyl (C=O) groups excluding carboxylic acids is 2. The molecule has 7 heteroatoms. The zero-order chi connectivity index (χ0) is 21.4. The lowest BCUT2D eigenvalue weighted by Crippen LogP contribution is -2.49. The van der Waals surface area contributed by atoms with Gasteiger partial charge in [0.25, 0.3) is 5.91 Å². The molecule has 2 aromatic carbocycles. The van der Waals surface area contributed by atoms with E-state index in [2.05, 4.69) is 5.32 Å². The minimum Gasteiger partial charge on any atom is -0.484 e. The molecule has 1 N–H and O–H groups in total. The van der Waals surface area contributed by atoms with Gasteiger partial charge in [-0.25, -0.2) is 0 Å². The first-order chi connectivity index (χ1) is 13.8. The molecule has 2 aromatic rings. The Morgan fingerprint density at radius 2 is 1.69 bits per heavy atom. The zero-order valence-electron chi connectivity index (χ0n) is 16.8. The largest absolute Gasteiger partial charge is 0.484 e. The van der Waals surface area contributed by atoms with Crippen molar-refractivity contribution in [2.75, 3.05) is 13.2 Å². The van der Waals surface area contributed by atoms with Crippen LogP contribution in [0.3, 0.4) is 0 Å². The van der Waals surface area contributed by atoms with Gasteiger partial charge in [-0.2, -0.15) is 0 Å². The van der Waals surface area contributed by atoms with E-state index in [0.29, 0.717) is 28.3 Å². The van der Waals surface area contributed by atoms with E-state index >= 15 is 0 Å². The SMILES string of the molecule is CC(C)CNC(=O)[C@H](C)N(Cc1ccccc1Cl)C(=O)COc1ccc(Cl)cc1. The van der Waals surface area contributed by atoms with Crippen molar-refractivity contribution in [3.8, 4) is 5.75 Å². The van der Waals surface area contributed by atoms with E-state index in [1.54, 1.807) is 37.3 Å². The second-order valence-electron chi connectivity index (χ2n) is 7.17. The molecule has 0 saturated heterocycles. The Kier molecular flexibility index (Phi) is 8.80. The van der Waals surface area contributed by atoms with Crippen LogP contribution < -0.4 is 10.1 Å². The summed E-state index contributed by atoms with van der Waals surface area (Å²) in [7, 11) is 0. The third-order valence-corrected chi connectivity index (χ3v) is 4.95. The predicted octanol–water partition coefficient (Wildman–Crippen LogP) is 4.56. The van der Waals surface area contributed by atoms with Gasteiger partial charge in [0.15, 0.2) is 6.61 Å². The summed E-state index contributed by atoms with van der Waals surface area (Å²) in [6.07, 6.45) is 0. The van der Waals surface area contributed by atoms with Crippen molar-refractivity contribution in [3.05, 3.63) is 64.1 Å². The normalized spacial score (nSPS) is 11.8. The van der Waals surface area contributed by atoms with Crippen LogP contribution in [0.25, 0.3) is 0 Å². The van der Waals surface area contributed by atoms with Gasteiger partial charge < -0.3 is 15.0 Å². The highest BCUT2D eigenvalue weighted by Crippen LogP contribution is 2.20. The number of halogens is 2. The molecule has 0 unspecified atom stereocenters.